The summed E-state index contributed by atoms with van der Waals surface area (Å²) in [5.74, 6) is 0.329. The standard InChI is InChI=1S/C18H14ClNO3/c1-12-16(20-17(23-12)14-5-3-2-4-6-14)18(21)22-11-13-7-9-15(19)10-8-13/h2-10H,11H2,1H3. The van der Waals surface area contributed by atoms with Gasteiger partial charge >= 0.3 is 5.97 Å². The van der Waals surface area contributed by atoms with E-state index in [0.29, 0.717) is 16.7 Å². The number of nitrogens with zero attached hydrogens (tertiary/aromatic N) is 1. The summed E-state index contributed by atoms with van der Waals surface area (Å²) in [6.07, 6.45) is 0. The highest BCUT2D eigenvalue weighted by atomic mass is 35.5. The molecule has 3 aromatic rings. The third kappa shape index (κ3) is 3.60. The molecule has 0 unspecified atom stereocenters. The summed E-state index contributed by atoms with van der Waals surface area (Å²) in [7, 11) is 0. The average Bonchev–Trinajstić information content (AvgIpc) is 2.97. The van der Waals surface area contributed by atoms with Crippen molar-refractivity contribution in [3.05, 3.63) is 76.6 Å². The highest BCUT2D eigenvalue weighted by Gasteiger charge is 2.19. The highest BCUT2D eigenvalue weighted by molar-refractivity contribution is 6.30. The number of oxazole rings is 1. The second-order valence-electron chi connectivity index (χ2n) is 4.99. The molecule has 0 N–H and O–H groups in total. The molecule has 2 aromatic carbocycles. The van der Waals surface area contributed by atoms with Crippen LogP contribution in [-0.4, -0.2) is 11.0 Å². The van der Waals surface area contributed by atoms with E-state index in [4.69, 9.17) is 20.8 Å². The molecule has 0 atom stereocenters. The Morgan fingerprint density at radius 1 is 1.13 bits per heavy atom. The maximum atomic E-state index is 12.2. The molecular formula is C18H14ClNO3. The summed E-state index contributed by atoms with van der Waals surface area (Å²) in [6, 6.07) is 16.5. The molecule has 0 saturated carbocycles. The fourth-order valence-corrected chi connectivity index (χ4v) is 2.21. The van der Waals surface area contributed by atoms with Crippen LogP contribution in [0.25, 0.3) is 11.5 Å². The van der Waals surface area contributed by atoms with Crippen molar-refractivity contribution < 1.29 is 13.9 Å². The van der Waals surface area contributed by atoms with Gasteiger partial charge in [-0.1, -0.05) is 41.9 Å². The molecule has 0 aliphatic rings. The molecule has 1 aromatic heterocycles. The van der Waals surface area contributed by atoms with E-state index in [0.717, 1.165) is 11.1 Å². The van der Waals surface area contributed by atoms with Crippen LogP contribution in [0.15, 0.2) is 59.0 Å². The lowest BCUT2D eigenvalue weighted by Gasteiger charge is -2.03. The van der Waals surface area contributed by atoms with Crippen LogP contribution >= 0.6 is 11.6 Å². The van der Waals surface area contributed by atoms with Crippen LogP contribution in [0.3, 0.4) is 0 Å². The zero-order valence-corrected chi connectivity index (χ0v) is 13.2. The summed E-state index contributed by atoms with van der Waals surface area (Å²) in [4.78, 5) is 16.4. The molecule has 5 heteroatoms. The van der Waals surface area contributed by atoms with Gasteiger partial charge in [0, 0.05) is 10.6 Å². The Hall–Kier alpha value is -2.59. The SMILES string of the molecule is Cc1oc(-c2ccccc2)nc1C(=O)OCc1ccc(Cl)cc1. The Morgan fingerprint density at radius 3 is 2.52 bits per heavy atom. The second kappa shape index (κ2) is 6.67. The van der Waals surface area contributed by atoms with Crippen molar-refractivity contribution in [2.45, 2.75) is 13.5 Å². The molecule has 23 heavy (non-hydrogen) atoms. The summed E-state index contributed by atoms with van der Waals surface area (Å²) >= 11 is 5.82. The molecule has 0 fully saturated rings. The van der Waals surface area contributed by atoms with Crippen molar-refractivity contribution in [3.8, 4) is 11.5 Å². The number of carbonyl (C=O) groups excluding carboxylic acids is 1. The number of aromatic nitrogens is 1. The predicted molar refractivity (Wildman–Crippen MR) is 87.2 cm³/mol. The maximum absolute atomic E-state index is 12.2. The predicted octanol–water partition coefficient (Wildman–Crippen LogP) is 4.66. The van der Waals surface area contributed by atoms with Gasteiger partial charge in [-0.2, -0.15) is 0 Å². The lowest BCUT2D eigenvalue weighted by atomic mass is 10.2. The first-order valence-electron chi connectivity index (χ1n) is 7.08. The first-order valence-corrected chi connectivity index (χ1v) is 7.45. The lowest BCUT2D eigenvalue weighted by Crippen LogP contribution is -2.07. The van der Waals surface area contributed by atoms with Gasteiger partial charge in [-0.25, -0.2) is 9.78 Å². The number of carbonyl (C=O) groups is 1. The number of ether oxygens (including phenoxy) is 1. The van der Waals surface area contributed by atoms with E-state index in [1.807, 2.05) is 30.3 Å². The van der Waals surface area contributed by atoms with Gasteiger partial charge in [0.1, 0.15) is 12.4 Å². The Bertz CT molecular complexity index is 810. The quantitative estimate of drug-likeness (QED) is 0.654. The molecule has 0 aliphatic heterocycles. The first kappa shape index (κ1) is 15.3. The van der Waals surface area contributed by atoms with Gasteiger partial charge < -0.3 is 9.15 Å². The normalized spacial score (nSPS) is 10.5. The maximum Gasteiger partial charge on any atom is 0.360 e. The van der Waals surface area contributed by atoms with Crippen LogP contribution in [-0.2, 0) is 11.3 Å². The molecule has 0 saturated heterocycles. The Kier molecular flexibility index (Phi) is 4.44. The topological polar surface area (TPSA) is 52.3 Å². The third-order valence-corrected chi connectivity index (χ3v) is 3.55. The van der Waals surface area contributed by atoms with Crippen molar-refractivity contribution in [3.63, 3.8) is 0 Å². The fraction of sp³-hybridized carbons (Fsp3) is 0.111. The molecule has 116 valence electrons. The van der Waals surface area contributed by atoms with Gasteiger partial charge in [0.15, 0.2) is 5.69 Å². The Labute approximate surface area is 138 Å². The smallest absolute Gasteiger partial charge is 0.360 e. The minimum Gasteiger partial charge on any atom is -0.456 e. The van der Waals surface area contributed by atoms with E-state index < -0.39 is 5.97 Å². The Balaban J connectivity index is 1.72. The number of benzene rings is 2. The van der Waals surface area contributed by atoms with Crippen LogP contribution in [0.2, 0.25) is 5.02 Å². The van der Waals surface area contributed by atoms with Gasteiger partial charge in [-0.3, -0.25) is 0 Å². The van der Waals surface area contributed by atoms with Crippen LogP contribution in [0.4, 0.5) is 0 Å². The van der Waals surface area contributed by atoms with Crippen LogP contribution in [0, 0.1) is 6.92 Å². The zero-order valence-electron chi connectivity index (χ0n) is 12.5. The minimum atomic E-state index is -0.511. The molecule has 4 nitrogen and oxygen atoms in total. The summed E-state index contributed by atoms with van der Waals surface area (Å²) < 4.78 is 10.8. The number of halogens is 1. The van der Waals surface area contributed by atoms with E-state index in [9.17, 15) is 4.79 Å². The van der Waals surface area contributed by atoms with Crippen molar-refractivity contribution in [2.75, 3.05) is 0 Å². The number of hydrogen-bond donors (Lipinski definition) is 0. The fourth-order valence-electron chi connectivity index (χ4n) is 2.09. The molecule has 0 amide bonds. The monoisotopic (exact) mass is 327 g/mol. The number of rotatable bonds is 4. The molecule has 0 aliphatic carbocycles. The van der Waals surface area contributed by atoms with Gasteiger partial charge in [-0.15, -0.1) is 0 Å². The summed E-state index contributed by atoms with van der Waals surface area (Å²) in [5, 5.41) is 0.639. The van der Waals surface area contributed by atoms with Crippen LogP contribution in [0.1, 0.15) is 21.8 Å². The Morgan fingerprint density at radius 2 is 1.83 bits per heavy atom. The molecule has 0 spiro atoms. The number of hydrogen-bond acceptors (Lipinski definition) is 4. The lowest BCUT2D eigenvalue weighted by molar-refractivity contribution is 0.0464. The van der Waals surface area contributed by atoms with Crippen molar-refractivity contribution >= 4 is 17.6 Å². The van der Waals surface area contributed by atoms with Crippen LogP contribution < -0.4 is 0 Å². The number of aryl methyl sites for hydroxylation is 1. The largest absolute Gasteiger partial charge is 0.456 e. The minimum absolute atomic E-state index is 0.156. The van der Waals surface area contributed by atoms with Gasteiger partial charge in [0.25, 0.3) is 0 Å². The van der Waals surface area contributed by atoms with E-state index in [-0.39, 0.29) is 12.3 Å². The zero-order chi connectivity index (χ0) is 16.2. The molecular weight excluding hydrogens is 314 g/mol. The first-order chi connectivity index (χ1) is 11.1. The average molecular weight is 328 g/mol. The molecule has 1 heterocycles. The molecule has 0 radical (unpaired) electrons. The third-order valence-electron chi connectivity index (χ3n) is 3.29. The van der Waals surface area contributed by atoms with E-state index >= 15 is 0 Å². The van der Waals surface area contributed by atoms with E-state index in [1.165, 1.54) is 0 Å². The second-order valence-corrected chi connectivity index (χ2v) is 5.43. The van der Waals surface area contributed by atoms with Crippen molar-refractivity contribution in [2.24, 2.45) is 0 Å². The highest BCUT2D eigenvalue weighted by Crippen LogP contribution is 2.22. The summed E-state index contributed by atoms with van der Waals surface area (Å²) in [5.41, 5.74) is 1.86. The summed E-state index contributed by atoms with van der Waals surface area (Å²) in [6.45, 7) is 1.85. The molecule has 0 bridgehead atoms. The van der Waals surface area contributed by atoms with E-state index in [2.05, 4.69) is 4.98 Å². The van der Waals surface area contributed by atoms with Gasteiger partial charge in [0.2, 0.25) is 5.89 Å². The number of esters is 1. The van der Waals surface area contributed by atoms with Crippen LogP contribution in [0.5, 0.6) is 0 Å². The molecule has 3 rings (SSSR count). The van der Waals surface area contributed by atoms with E-state index in [1.54, 1.807) is 31.2 Å². The van der Waals surface area contributed by atoms with Gasteiger partial charge in [-0.05, 0) is 36.8 Å². The van der Waals surface area contributed by atoms with Gasteiger partial charge in [0.05, 0.1) is 0 Å². The van der Waals surface area contributed by atoms with Crippen molar-refractivity contribution in [1.82, 2.24) is 4.98 Å². The van der Waals surface area contributed by atoms with Crippen molar-refractivity contribution in [1.29, 1.82) is 0 Å².